The molecule has 0 radical (unpaired) electrons. The number of aliphatic hydroxyl groups is 1. The van der Waals surface area contributed by atoms with Crippen molar-refractivity contribution in [2.45, 2.75) is 31.5 Å². The van der Waals surface area contributed by atoms with Crippen LogP contribution in [0, 0.1) is 0 Å². The van der Waals surface area contributed by atoms with Crippen LogP contribution in [0.4, 0.5) is 0 Å². The summed E-state index contributed by atoms with van der Waals surface area (Å²) >= 11 is 0. The number of hydrogen-bond donors (Lipinski definition) is 2. The van der Waals surface area contributed by atoms with Crippen molar-refractivity contribution in [3.05, 3.63) is 47.9 Å². The SMILES string of the molecule is COCCn1nnnc1[C@H](c1ccc2ncccc2c1)[NH+]1CCC(O)CC1. The molecule has 1 atom stereocenters. The van der Waals surface area contributed by atoms with Crippen LogP contribution in [0.1, 0.15) is 30.3 Å². The van der Waals surface area contributed by atoms with Crippen LogP contribution in [-0.4, -0.2) is 63.2 Å². The number of likely N-dealkylation sites (tertiary alicyclic amines) is 1. The van der Waals surface area contributed by atoms with Gasteiger partial charge in [0.15, 0.2) is 6.04 Å². The lowest BCUT2D eigenvalue weighted by Crippen LogP contribution is -3.13. The minimum atomic E-state index is -0.209. The first-order valence-electron chi connectivity index (χ1n) is 9.38. The number of aliphatic hydroxyl groups excluding tert-OH is 1. The Morgan fingerprint density at radius 3 is 2.96 bits per heavy atom. The number of quaternary nitrogens is 1. The van der Waals surface area contributed by atoms with E-state index in [1.807, 2.05) is 16.9 Å². The van der Waals surface area contributed by atoms with E-state index in [1.54, 1.807) is 7.11 Å². The Labute approximate surface area is 157 Å². The summed E-state index contributed by atoms with van der Waals surface area (Å²) in [6.07, 6.45) is 3.18. The zero-order valence-corrected chi connectivity index (χ0v) is 15.5. The minimum absolute atomic E-state index is 0.00830. The van der Waals surface area contributed by atoms with Gasteiger partial charge in [0.2, 0.25) is 5.82 Å². The molecule has 4 rings (SSSR count). The molecule has 0 unspecified atom stereocenters. The Bertz CT molecular complexity index is 891. The maximum Gasteiger partial charge on any atom is 0.214 e. The van der Waals surface area contributed by atoms with Crippen molar-refractivity contribution >= 4 is 10.9 Å². The topological polar surface area (TPSA) is 90.4 Å². The van der Waals surface area contributed by atoms with E-state index in [4.69, 9.17) is 4.74 Å². The van der Waals surface area contributed by atoms with Gasteiger partial charge in [-0.05, 0) is 28.6 Å². The van der Waals surface area contributed by atoms with E-state index in [0.717, 1.165) is 48.2 Å². The molecule has 3 heterocycles. The monoisotopic (exact) mass is 369 g/mol. The molecule has 0 spiro atoms. The van der Waals surface area contributed by atoms with Crippen molar-refractivity contribution < 1.29 is 14.7 Å². The summed E-state index contributed by atoms with van der Waals surface area (Å²) in [4.78, 5) is 5.80. The Hall–Kier alpha value is -2.42. The van der Waals surface area contributed by atoms with E-state index in [2.05, 4.69) is 44.8 Å². The van der Waals surface area contributed by atoms with Crippen LogP contribution >= 0.6 is 0 Å². The first kappa shape index (κ1) is 18.0. The second-order valence-electron chi connectivity index (χ2n) is 7.03. The summed E-state index contributed by atoms with van der Waals surface area (Å²) in [7, 11) is 1.68. The molecule has 2 N–H and O–H groups in total. The van der Waals surface area contributed by atoms with Crippen molar-refractivity contribution in [1.82, 2.24) is 25.2 Å². The molecule has 8 nitrogen and oxygen atoms in total. The predicted molar refractivity (Wildman–Crippen MR) is 99.2 cm³/mol. The first-order valence-corrected chi connectivity index (χ1v) is 9.38. The van der Waals surface area contributed by atoms with Crippen molar-refractivity contribution in [3.8, 4) is 0 Å². The fourth-order valence-corrected chi connectivity index (χ4v) is 3.86. The van der Waals surface area contributed by atoms with Gasteiger partial charge in [-0.15, -0.1) is 5.10 Å². The smallest absolute Gasteiger partial charge is 0.214 e. The van der Waals surface area contributed by atoms with Crippen molar-refractivity contribution in [2.24, 2.45) is 0 Å². The van der Waals surface area contributed by atoms with E-state index in [-0.39, 0.29) is 12.1 Å². The third-order valence-electron chi connectivity index (χ3n) is 5.29. The number of pyridine rings is 1. The van der Waals surface area contributed by atoms with Gasteiger partial charge in [-0.1, -0.05) is 12.1 Å². The molecule has 8 heteroatoms. The number of nitrogens with one attached hydrogen (secondary N) is 1. The predicted octanol–water partition coefficient (Wildman–Crippen LogP) is -0.00330. The number of methoxy groups -OCH3 is 1. The van der Waals surface area contributed by atoms with E-state index < -0.39 is 0 Å². The summed E-state index contributed by atoms with van der Waals surface area (Å²) in [5, 5.41) is 23.5. The molecule has 1 saturated heterocycles. The number of tetrazole rings is 1. The highest BCUT2D eigenvalue weighted by Crippen LogP contribution is 2.22. The Morgan fingerprint density at radius 1 is 1.30 bits per heavy atom. The van der Waals surface area contributed by atoms with Crippen LogP contribution in [0.5, 0.6) is 0 Å². The third-order valence-corrected chi connectivity index (χ3v) is 5.29. The standard InChI is InChI=1S/C19H24N6O2/c1-27-12-11-25-19(21-22-23-25)18(24-9-6-16(26)7-10-24)15-4-5-17-14(13-15)3-2-8-20-17/h2-5,8,13,16,18,26H,6-7,9-12H2,1H3/p+1/t18-/m0/s1. The number of rotatable bonds is 6. The molecule has 0 saturated carbocycles. The Balaban J connectivity index is 1.74. The molecular weight excluding hydrogens is 344 g/mol. The Morgan fingerprint density at radius 2 is 2.15 bits per heavy atom. The van der Waals surface area contributed by atoms with Crippen molar-refractivity contribution in [3.63, 3.8) is 0 Å². The molecule has 142 valence electrons. The summed E-state index contributed by atoms with van der Waals surface area (Å²) in [6.45, 7) is 2.93. The number of hydrogen-bond acceptors (Lipinski definition) is 6. The minimum Gasteiger partial charge on any atom is -0.393 e. The maximum atomic E-state index is 9.94. The number of benzene rings is 1. The fourth-order valence-electron chi connectivity index (χ4n) is 3.86. The van der Waals surface area contributed by atoms with Crippen LogP contribution in [0.3, 0.4) is 0 Å². The average Bonchev–Trinajstić information content (AvgIpc) is 3.16. The van der Waals surface area contributed by atoms with Gasteiger partial charge < -0.3 is 14.7 Å². The van der Waals surface area contributed by atoms with Crippen LogP contribution in [0.2, 0.25) is 0 Å². The summed E-state index contributed by atoms with van der Waals surface area (Å²) in [5.41, 5.74) is 2.14. The van der Waals surface area contributed by atoms with Gasteiger partial charge in [0, 0.05) is 37.1 Å². The molecule has 3 aromatic rings. The van der Waals surface area contributed by atoms with Gasteiger partial charge in [0.25, 0.3) is 0 Å². The molecule has 0 bridgehead atoms. The van der Waals surface area contributed by atoms with Crippen LogP contribution in [0.15, 0.2) is 36.5 Å². The van der Waals surface area contributed by atoms with Crippen LogP contribution < -0.4 is 4.90 Å². The summed E-state index contributed by atoms with van der Waals surface area (Å²) < 4.78 is 7.04. The normalized spacial score (nSPS) is 21.4. The highest BCUT2D eigenvalue weighted by Gasteiger charge is 2.34. The van der Waals surface area contributed by atoms with Gasteiger partial charge in [0.1, 0.15) is 0 Å². The van der Waals surface area contributed by atoms with Crippen molar-refractivity contribution in [1.29, 1.82) is 0 Å². The molecule has 1 aliphatic rings. The maximum absolute atomic E-state index is 9.94. The molecule has 0 aliphatic carbocycles. The van der Waals surface area contributed by atoms with Gasteiger partial charge in [0.05, 0.1) is 37.9 Å². The molecule has 1 aliphatic heterocycles. The molecule has 1 fully saturated rings. The fraction of sp³-hybridized carbons (Fsp3) is 0.474. The largest absolute Gasteiger partial charge is 0.393 e. The van der Waals surface area contributed by atoms with Crippen molar-refractivity contribution in [2.75, 3.05) is 26.8 Å². The number of piperidine rings is 1. The summed E-state index contributed by atoms with van der Waals surface area (Å²) in [6, 6.07) is 10.4. The van der Waals surface area contributed by atoms with Gasteiger partial charge in [-0.2, -0.15) is 0 Å². The van der Waals surface area contributed by atoms with E-state index >= 15 is 0 Å². The van der Waals surface area contributed by atoms with Gasteiger partial charge in [-0.25, -0.2) is 4.68 Å². The number of aromatic nitrogens is 5. The number of nitrogens with zero attached hydrogens (tertiary/aromatic N) is 5. The quantitative estimate of drug-likeness (QED) is 0.636. The molecule has 27 heavy (non-hydrogen) atoms. The van der Waals surface area contributed by atoms with Gasteiger partial charge in [-0.3, -0.25) is 4.98 Å². The zero-order valence-electron chi connectivity index (χ0n) is 15.5. The lowest BCUT2D eigenvalue weighted by atomic mass is 9.98. The third kappa shape index (κ3) is 3.83. The molecule has 1 aromatic carbocycles. The lowest BCUT2D eigenvalue weighted by Gasteiger charge is -2.32. The molecule has 2 aromatic heterocycles. The second kappa shape index (κ2) is 8.08. The molecular formula is C19H25N6O2+. The lowest BCUT2D eigenvalue weighted by molar-refractivity contribution is -0.932. The Kier molecular flexibility index (Phi) is 5.38. The van der Waals surface area contributed by atoms with E-state index in [9.17, 15) is 5.11 Å². The average molecular weight is 369 g/mol. The number of fused-ring (bicyclic) bond motifs is 1. The number of ether oxygens (including phenoxy) is 1. The van der Waals surface area contributed by atoms with Gasteiger partial charge >= 0.3 is 0 Å². The summed E-state index contributed by atoms with van der Waals surface area (Å²) in [5.74, 6) is 0.835. The van der Waals surface area contributed by atoms with Crippen LogP contribution in [-0.2, 0) is 11.3 Å². The first-order chi connectivity index (χ1) is 13.3. The highest BCUT2D eigenvalue weighted by molar-refractivity contribution is 5.79. The second-order valence-corrected chi connectivity index (χ2v) is 7.03. The highest BCUT2D eigenvalue weighted by atomic mass is 16.5. The van der Waals surface area contributed by atoms with E-state index in [0.29, 0.717) is 13.2 Å². The zero-order chi connectivity index (χ0) is 18.6. The van der Waals surface area contributed by atoms with Crippen LogP contribution in [0.25, 0.3) is 10.9 Å². The molecule has 0 amide bonds. The van der Waals surface area contributed by atoms with E-state index in [1.165, 1.54) is 4.90 Å².